The molecule has 0 heterocycles. The number of ether oxygens (including phenoxy) is 1. The van der Waals surface area contributed by atoms with Gasteiger partial charge in [0.25, 0.3) is 0 Å². The average molecular weight is 293 g/mol. The van der Waals surface area contributed by atoms with Gasteiger partial charge in [-0.25, -0.2) is 0 Å². The minimum absolute atomic E-state index is 0.450. The zero-order valence-corrected chi connectivity index (χ0v) is 13.9. The third-order valence-electron chi connectivity index (χ3n) is 4.15. The largest absolute Gasteiger partial charge is 0.496 e. The number of nitrogens with one attached hydrogen (secondary N) is 1. The summed E-state index contributed by atoms with van der Waals surface area (Å²) in [6, 6.07) is 8.98. The standard InChI is InChI=1S/C17H27NOS/c1-5-18-13-10-11-17(2,3)12-16(13)20-15-9-7-6-8-14(15)19-4/h6-9,13,16,18H,5,10-12H2,1-4H3. The molecular formula is C17H27NOS. The van der Waals surface area contributed by atoms with Crippen LogP contribution in [0.25, 0.3) is 0 Å². The van der Waals surface area contributed by atoms with Gasteiger partial charge in [0, 0.05) is 16.2 Å². The first-order valence-corrected chi connectivity index (χ1v) is 8.47. The van der Waals surface area contributed by atoms with Crippen molar-refractivity contribution in [1.82, 2.24) is 5.32 Å². The maximum absolute atomic E-state index is 5.49. The summed E-state index contributed by atoms with van der Waals surface area (Å²) < 4.78 is 5.49. The molecule has 2 rings (SSSR count). The van der Waals surface area contributed by atoms with Crippen molar-refractivity contribution in [1.29, 1.82) is 0 Å². The lowest BCUT2D eigenvalue weighted by Gasteiger charge is -2.41. The minimum Gasteiger partial charge on any atom is -0.496 e. The Morgan fingerprint density at radius 3 is 2.80 bits per heavy atom. The highest BCUT2D eigenvalue weighted by Crippen LogP contribution is 2.44. The highest BCUT2D eigenvalue weighted by Gasteiger charge is 2.35. The molecule has 1 aliphatic carbocycles. The molecule has 20 heavy (non-hydrogen) atoms. The maximum atomic E-state index is 5.49. The molecule has 1 aromatic rings. The molecule has 1 aliphatic rings. The van der Waals surface area contributed by atoms with Crippen LogP contribution in [0.4, 0.5) is 0 Å². The Morgan fingerprint density at radius 1 is 1.35 bits per heavy atom. The van der Waals surface area contributed by atoms with E-state index in [-0.39, 0.29) is 0 Å². The molecule has 2 nitrogen and oxygen atoms in total. The van der Waals surface area contributed by atoms with E-state index < -0.39 is 0 Å². The second kappa shape index (κ2) is 6.86. The van der Waals surface area contributed by atoms with E-state index in [4.69, 9.17) is 4.74 Å². The topological polar surface area (TPSA) is 21.3 Å². The second-order valence-electron chi connectivity index (χ2n) is 6.38. The first-order chi connectivity index (χ1) is 9.55. The number of thioether (sulfide) groups is 1. The van der Waals surface area contributed by atoms with Crippen LogP contribution < -0.4 is 10.1 Å². The van der Waals surface area contributed by atoms with Crippen LogP contribution in [0.1, 0.15) is 40.0 Å². The number of benzene rings is 1. The predicted molar refractivity (Wildman–Crippen MR) is 87.7 cm³/mol. The van der Waals surface area contributed by atoms with Crippen molar-refractivity contribution in [3.63, 3.8) is 0 Å². The summed E-state index contributed by atoms with van der Waals surface area (Å²) in [6.07, 6.45) is 3.84. The van der Waals surface area contributed by atoms with E-state index in [9.17, 15) is 0 Å². The number of para-hydroxylation sites is 1. The van der Waals surface area contributed by atoms with E-state index in [2.05, 4.69) is 44.3 Å². The van der Waals surface area contributed by atoms with E-state index in [1.807, 2.05) is 17.8 Å². The molecule has 0 aliphatic heterocycles. The summed E-state index contributed by atoms with van der Waals surface area (Å²) in [5, 5.41) is 4.29. The molecule has 1 aromatic carbocycles. The summed E-state index contributed by atoms with van der Waals surface area (Å²) >= 11 is 1.98. The summed E-state index contributed by atoms with van der Waals surface area (Å²) in [5.41, 5.74) is 0.450. The van der Waals surface area contributed by atoms with Crippen LogP contribution in [-0.2, 0) is 0 Å². The van der Waals surface area contributed by atoms with E-state index >= 15 is 0 Å². The smallest absolute Gasteiger partial charge is 0.132 e. The molecule has 2 atom stereocenters. The molecule has 0 radical (unpaired) electrons. The van der Waals surface area contributed by atoms with Crippen molar-refractivity contribution in [2.75, 3.05) is 13.7 Å². The van der Waals surface area contributed by atoms with Gasteiger partial charge in [0.2, 0.25) is 0 Å². The lowest BCUT2D eigenvalue weighted by Crippen LogP contribution is -2.44. The highest BCUT2D eigenvalue weighted by atomic mass is 32.2. The molecule has 0 aromatic heterocycles. The third-order valence-corrected chi connectivity index (χ3v) is 5.54. The van der Waals surface area contributed by atoms with Crippen molar-refractivity contribution in [2.24, 2.45) is 5.41 Å². The highest BCUT2D eigenvalue weighted by molar-refractivity contribution is 8.00. The van der Waals surface area contributed by atoms with Crippen LogP contribution in [-0.4, -0.2) is 24.9 Å². The van der Waals surface area contributed by atoms with Crippen LogP contribution in [0, 0.1) is 5.41 Å². The number of hydrogen-bond donors (Lipinski definition) is 1. The van der Waals surface area contributed by atoms with Crippen LogP contribution in [0.15, 0.2) is 29.2 Å². The molecule has 0 amide bonds. The Bertz CT molecular complexity index is 433. The van der Waals surface area contributed by atoms with Crippen molar-refractivity contribution < 1.29 is 4.74 Å². The lowest BCUT2D eigenvalue weighted by atomic mass is 9.75. The van der Waals surface area contributed by atoms with Gasteiger partial charge in [0.1, 0.15) is 5.75 Å². The Kier molecular flexibility index (Phi) is 5.39. The fourth-order valence-electron chi connectivity index (χ4n) is 3.02. The van der Waals surface area contributed by atoms with Crippen molar-refractivity contribution >= 4 is 11.8 Å². The van der Waals surface area contributed by atoms with Crippen LogP contribution >= 0.6 is 11.8 Å². The van der Waals surface area contributed by atoms with Gasteiger partial charge in [-0.1, -0.05) is 32.9 Å². The summed E-state index contributed by atoms with van der Waals surface area (Å²) in [6.45, 7) is 8.04. The zero-order chi connectivity index (χ0) is 14.6. The van der Waals surface area contributed by atoms with Gasteiger partial charge in [0.15, 0.2) is 0 Å². The molecule has 112 valence electrons. The molecule has 0 spiro atoms. The number of methoxy groups -OCH3 is 1. The number of rotatable bonds is 5. The molecule has 0 bridgehead atoms. The van der Waals surface area contributed by atoms with Crippen molar-refractivity contribution in [2.45, 2.75) is 56.2 Å². The number of hydrogen-bond acceptors (Lipinski definition) is 3. The van der Waals surface area contributed by atoms with Gasteiger partial charge in [-0.3, -0.25) is 0 Å². The van der Waals surface area contributed by atoms with E-state index in [0.29, 0.717) is 16.7 Å². The Hall–Kier alpha value is -0.670. The first-order valence-electron chi connectivity index (χ1n) is 7.59. The average Bonchev–Trinajstić information content (AvgIpc) is 2.42. The fraction of sp³-hybridized carbons (Fsp3) is 0.647. The summed E-state index contributed by atoms with van der Waals surface area (Å²) in [4.78, 5) is 1.26. The summed E-state index contributed by atoms with van der Waals surface area (Å²) in [7, 11) is 1.76. The van der Waals surface area contributed by atoms with Crippen molar-refractivity contribution in [3.05, 3.63) is 24.3 Å². The molecular weight excluding hydrogens is 266 g/mol. The van der Waals surface area contributed by atoms with E-state index in [1.54, 1.807) is 7.11 Å². The van der Waals surface area contributed by atoms with Crippen molar-refractivity contribution in [3.8, 4) is 5.75 Å². The lowest BCUT2D eigenvalue weighted by molar-refractivity contribution is 0.215. The van der Waals surface area contributed by atoms with Gasteiger partial charge in [-0.05, 0) is 43.4 Å². The second-order valence-corrected chi connectivity index (χ2v) is 7.66. The molecule has 3 heteroatoms. The Morgan fingerprint density at radius 2 is 2.10 bits per heavy atom. The SMILES string of the molecule is CCNC1CCC(C)(C)CC1Sc1ccccc1OC. The van der Waals surface area contributed by atoms with Gasteiger partial charge < -0.3 is 10.1 Å². The zero-order valence-electron chi connectivity index (χ0n) is 13.1. The van der Waals surface area contributed by atoms with Gasteiger partial charge in [-0.2, -0.15) is 0 Å². The predicted octanol–water partition coefficient (Wildman–Crippen LogP) is 4.34. The molecule has 1 saturated carbocycles. The van der Waals surface area contributed by atoms with Gasteiger partial charge >= 0.3 is 0 Å². The normalized spacial score (nSPS) is 25.4. The molecule has 1 fully saturated rings. The molecule has 1 N–H and O–H groups in total. The monoisotopic (exact) mass is 293 g/mol. The first kappa shape index (κ1) is 15.7. The van der Waals surface area contributed by atoms with Crippen LogP contribution in [0.2, 0.25) is 0 Å². The Labute approximate surface area is 127 Å². The maximum Gasteiger partial charge on any atom is 0.132 e. The van der Waals surface area contributed by atoms with Crippen LogP contribution in [0.3, 0.4) is 0 Å². The van der Waals surface area contributed by atoms with E-state index in [1.165, 1.54) is 24.2 Å². The van der Waals surface area contributed by atoms with E-state index in [0.717, 1.165) is 12.3 Å². The van der Waals surface area contributed by atoms with Gasteiger partial charge in [-0.15, -0.1) is 11.8 Å². The minimum atomic E-state index is 0.450. The molecule has 2 unspecified atom stereocenters. The Balaban J connectivity index is 2.14. The van der Waals surface area contributed by atoms with Crippen LogP contribution in [0.5, 0.6) is 5.75 Å². The molecule has 0 saturated heterocycles. The fourth-order valence-corrected chi connectivity index (χ4v) is 4.70. The quantitative estimate of drug-likeness (QED) is 0.872. The van der Waals surface area contributed by atoms with Gasteiger partial charge in [0.05, 0.1) is 7.11 Å². The third kappa shape index (κ3) is 3.92. The summed E-state index contributed by atoms with van der Waals surface area (Å²) in [5.74, 6) is 0.996.